The van der Waals surface area contributed by atoms with Crippen LogP contribution in [0.4, 0.5) is 5.69 Å². The van der Waals surface area contributed by atoms with Gasteiger partial charge in [0.1, 0.15) is 0 Å². The number of nitrogens with one attached hydrogen (secondary N) is 2. The van der Waals surface area contributed by atoms with E-state index in [0.717, 1.165) is 30.8 Å². The summed E-state index contributed by atoms with van der Waals surface area (Å²) in [6.45, 7) is 2.32. The number of carbonyl (C=O) groups excluding carboxylic acids is 1. The number of benzene rings is 1. The van der Waals surface area contributed by atoms with Crippen LogP contribution in [0.5, 0.6) is 0 Å². The van der Waals surface area contributed by atoms with E-state index in [9.17, 15) is 4.79 Å². The molecule has 1 amide bonds. The van der Waals surface area contributed by atoms with E-state index >= 15 is 0 Å². The summed E-state index contributed by atoms with van der Waals surface area (Å²) in [7, 11) is 0. The second-order valence-electron chi connectivity index (χ2n) is 5.45. The number of aliphatic hydroxyl groups is 1. The van der Waals surface area contributed by atoms with Gasteiger partial charge in [0.05, 0.1) is 0 Å². The predicted octanol–water partition coefficient (Wildman–Crippen LogP) is 1.94. The Morgan fingerprint density at radius 2 is 1.95 bits per heavy atom. The van der Waals surface area contributed by atoms with Gasteiger partial charge in [0.2, 0.25) is 5.91 Å². The van der Waals surface area contributed by atoms with Gasteiger partial charge in [-0.1, -0.05) is 12.1 Å². The SMILES string of the molecule is O=C(CCC1CCNCC1)Nc1ccc(CCO)cc1. The Hall–Kier alpha value is -1.39. The fraction of sp³-hybridized carbons (Fsp3) is 0.562. The summed E-state index contributed by atoms with van der Waals surface area (Å²) in [5, 5.41) is 15.1. The molecule has 1 aromatic rings. The number of piperidine rings is 1. The maximum Gasteiger partial charge on any atom is 0.224 e. The fourth-order valence-electron chi connectivity index (χ4n) is 2.61. The molecule has 4 nitrogen and oxygen atoms in total. The van der Waals surface area contributed by atoms with Gasteiger partial charge in [-0.05, 0) is 62.4 Å². The summed E-state index contributed by atoms with van der Waals surface area (Å²) >= 11 is 0. The molecule has 4 heteroatoms. The van der Waals surface area contributed by atoms with Crippen molar-refractivity contribution in [1.82, 2.24) is 5.32 Å². The zero-order chi connectivity index (χ0) is 14.2. The van der Waals surface area contributed by atoms with Crippen LogP contribution in [0.15, 0.2) is 24.3 Å². The first-order valence-electron chi connectivity index (χ1n) is 7.48. The van der Waals surface area contributed by atoms with Crippen LogP contribution in [0.3, 0.4) is 0 Å². The van der Waals surface area contributed by atoms with E-state index in [-0.39, 0.29) is 12.5 Å². The molecule has 0 unspecified atom stereocenters. The number of amides is 1. The standard InChI is InChI=1S/C16H24N2O2/c19-12-9-13-1-4-15(5-2-13)18-16(20)6-3-14-7-10-17-11-8-14/h1-2,4-5,14,17,19H,3,6-12H2,(H,18,20). The molecule has 20 heavy (non-hydrogen) atoms. The lowest BCUT2D eigenvalue weighted by atomic mass is 9.93. The average molecular weight is 276 g/mol. The summed E-state index contributed by atoms with van der Waals surface area (Å²) in [4.78, 5) is 11.9. The Bertz CT molecular complexity index is 411. The van der Waals surface area contributed by atoms with Gasteiger partial charge in [-0.25, -0.2) is 0 Å². The quantitative estimate of drug-likeness (QED) is 0.744. The number of anilines is 1. The first-order valence-corrected chi connectivity index (χ1v) is 7.48. The van der Waals surface area contributed by atoms with Crippen LogP contribution in [0.25, 0.3) is 0 Å². The lowest BCUT2D eigenvalue weighted by Crippen LogP contribution is -2.28. The Labute approximate surface area is 120 Å². The van der Waals surface area contributed by atoms with Gasteiger partial charge in [0.25, 0.3) is 0 Å². The third kappa shape index (κ3) is 4.94. The van der Waals surface area contributed by atoms with Crippen molar-refractivity contribution in [3.05, 3.63) is 29.8 Å². The molecule has 0 spiro atoms. The molecule has 0 radical (unpaired) electrons. The Morgan fingerprint density at radius 1 is 1.25 bits per heavy atom. The van der Waals surface area contributed by atoms with Crippen LogP contribution in [-0.4, -0.2) is 30.7 Å². The zero-order valence-electron chi connectivity index (χ0n) is 11.9. The smallest absolute Gasteiger partial charge is 0.224 e. The van der Waals surface area contributed by atoms with Crippen LogP contribution in [-0.2, 0) is 11.2 Å². The van der Waals surface area contributed by atoms with Gasteiger partial charge in [-0.15, -0.1) is 0 Å². The lowest BCUT2D eigenvalue weighted by molar-refractivity contribution is -0.116. The second kappa shape index (κ2) is 8.02. The summed E-state index contributed by atoms with van der Waals surface area (Å²) in [5.41, 5.74) is 1.92. The molecule has 1 saturated heterocycles. The number of hydrogen-bond donors (Lipinski definition) is 3. The minimum absolute atomic E-state index is 0.0958. The second-order valence-corrected chi connectivity index (χ2v) is 5.45. The molecule has 110 valence electrons. The Kier molecular flexibility index (Phi) is 6.02. The van der Waals surface area contributed by atoms with Crippen LogP contribution >= 0.6 is 0 Å². The molecule has 1 heterocycles. The van der Waals surface area contributed by atoms with E-state index in [1.807, 2.05) is 24.3 Å². The zero-order valence-corrected chi connectivity index (χ0v) is 11.9. The molecule has 1 aliphatic rings. The molecule has 0 bridgehead atoms. The van der Waals surface area contributed by atoms with Crippen molar-refractivity contribution < 1.29 is 9.90 Å². The van der Waals surface area contributed by atoms with Crippen molar-refractivity contribution >= 4 is 11.6 Å². The highest BCUT2D eigenvalue weighted by molar-refractivity contribution is 5.90. The van der Waals surface area contributed by atoms with Crippen molar-refractivity contribution in [2.75, 3.05) is 25.0 Å². The molecule has 1 fully saturated rings. The summed E-state index contributed by atoms with van der Waals surface area (Å²) in [6.07, 6.45) is 4.61. The summed E-state index contributed by atoms with van der Waals surface area (Å²) in [5.74, 6) is 0.785. The van der Waals surface area contributed by atoms with Crippen molar-refractivity contribution in [3.8, 4) is 0 Å². The van der Waals surface area contributed by atoms with Crippen molar-refractivity contribution in [1.29, 1.82) is 0 Å². The number of rotatable bonds is 6. The highest BCUT2D eigenvalue weighted by atomic mass is 16.2. The maximum absolute atomic E-state index is 11.9. The summed E-state index contributed by atoms with van der Waals surface area (Å²) in [6, 6.07) is 7.68. The van der Waals surface area contributed by atoms with Gasteiger partial charge in [0.15, 0.2) is 0 Å². The molecule has 2 rings (SSSR count). The van der Waals surface area contributed by atoms with E-state index in [0.29, 0.717) is 18.8 Å². The van der Waals surface area contributed by atoms with Crippen LogP contribution in [0.2, 0.25) is 0 Å². The van der Waals surface area contributed by atoms with E-state index < -0.39 is 0 Å². The van der Waals surface area contributed by atoms with Crippen molar-refractivity contribution in [2.45, 2.75) is 32.1 Å². The minimum Gasteiger partial charge on any atom is -0.396 e. The first kappa shape index (κ1) is 15.0. The largest absolute Gasteiger partial charge is 0.396 e. The van der Waals surface area contributed by atoms with E-state index in [4.69, 9.17) is 5.11 Å². The Morgan fingerprint density at radius 3 is 2.60 bits per heavy atom. The first-order chi connectivity index (χ1) is 9.78. The highest BCUT2D eigenvalue weighted by Gasteiger charge is 2.14. The molecule has 1 aromatic carbocycles. The van der Waals surface area contributed by atoms with Crippen LogP contribution in [0, 0.1) is 5.92 Å². The third-order valence-electron chi connectivity index (χ3n) is 3.88. The molecule has 0 aliphatic carbocycles. The van der Waals surface area contributed by atoms with Crippen molar-refractivity contribution in [3.63, 3.8) is 0 Å². The molecule has 3 N–H and O–H groups in total. The molecular weight excluding hydrogens is 252 g/mol. The Balaban J connectivity index is 1.73. The summed E-state index contributed by atoms with van der Waals surface area (Å²) < 4.78 is 0. The van der Waals surface area contributed by atoms with Gasteiger partial charge in [0, 0.05) is 18.7 Å². The molecule has 0 saturated carbocycles. The molecular formula is C16H24N2O2. The van der Waals surface area contributed by atoms with Gasteiger partial charge in [-0.3, -0.25) is 4.79 Å². The number of aliphatic hydroxyl groups excluding tert-OH is 1. The minimum atomic E-state index is 0.0958. The molecule has 1 aliphatic heterocycles. The fourth-order valence-corrected chi connectivity index (χ4v) is 2.61. The van der Waals surface area contributed by atoms with E-state index in [2.05, 4.69) is 10.6 Å². The van der Waals surface area contributed by atoms with Crippen molar-refractivity contribution in [2.24, 2.45) is 5.92 Å². The molecule has 0 aromatic heterocycles. The molecule has 0 atom stereocenters. The van der Waals surface area contributed by atoms with Gasteiger partial charge >= 0.3 is 0 Å². The lowest BCUT2D eigenvalue weighted by Gasteiger charge is -2.22. The maximum atomic E-state index is 11.9. The normalized spacial score (nSPS) is 16.1. The predicted molar refractivity (Wildman–Crippen MR) is 80.7 cm³/mol. The van der Waals surface area contributed by atoms with Crippen LogP contribution < -0.4 is 10.6 Å². The third-order valence-corrected chi connectivity index (χ3v) is 3.88. The number of carbonyl (C=O) groups is 1. The monoisotopic (exact) mass is 276 g/mol. The highest BCUT2D eigenvalue weighted by Crippen LogP contribution is 2.18. The van der Waals surface area contributed by atoms with E-state index in [1.165, 1.54) is 12.8 Å². The topological polar surface area (TPSA) is 61.4 Å². The van der Waals surface area contributed by atoms with Gasteiger partial charge in [-0.2, -0.15) is 0 Å². The number of hydrogen-bond acceptors (Lipinski definition) is 3. The van der Waals surface area contributed by atoms with E-state index in [1.54, 1.807) is 0 Å². The average Bonchev–Trinajstić information content (AvgIpc) is 2.49. The van der Waals surface area contributed by atoms with Gasteiger partial charge < -0.3 is 15.7 Å². The van der Waals surface area contributed by atoms with Crippen LogP contribution in [0.1, 0.15) is 31.2 Å².